The average Bonchev–Trinajstić information content (AvgIpc) is 3.44. The monoisotopic (exact) mass is 527 g/mol. The van der Waals surface area contributed by atoms with Gasteiger partial charge in [-0.3, -0.25) is 14.4 Å². The number of nitrogens with zero attached hydrogens (tertiary/aromatic N) is 4. The number of ether oxygens (including phenoxy) is 1. The third-order valence-corrected chi connectivity index (χ3v) is 6.80. The van der Waals surface area contributed by atoms with Gasteiger partial charge in [0, 0.05) is 31.4 Å². The normalized spacial score (nSPS) is 12.9. The number of carbonyl (C=O) groups excluding carboxylic acids is 3. The van der Waals surface area contributed by atoms with Gasteiger partial charge in [-0.1, -0.05) is 42.0 Å². The number of anilines is 1. The minimum absolute atomic E-state index is 0.0178. The zero-order valence-electron chi connectivity index (χ0n) is 21.5. The molecular formula is C28H29N7O4. The Bertz CT molecular complexity index is 1500. The summed E-state index contributed by atoms with van der Waals surface area (Å²) in [6, 6.07) is 14.4. The van der Waals surface area contributed by atoms with E-state index in [4.69, 9.17) is 4.74 Å². The van der Waals surface area contributed by atoms with Crippen LogP contribution in [0.4, 0.5) is 5.69 Å². The van der Waals surface area contributed by atoms with Crippen LogP contribution in [0.2, 0.25) is 0 Å². The summed E-state index contributed by atoms with van der Waals surface area (Å²) in [4.78, 5) is 42.5. The first-order valence-corrected chi connectivity index (χ1v) is 12.8. The van der Waals surface area contributed by atoms with Gasteiger partial charge in [-0.2, -0.15) is 0 Å². The molecule has 0 radical (unpaired) electrons. The lowest BCUT2D eigenvalue weighted by atomic mass is 9.85. The van der Waals surface area contributed by atoms with Crippen LogP contribution in [0.25, 0.3) is 10.8 Å². The van der Waals surface area contributed by atoms with Gasteiger partial charge in [0.2, 0.25) is 5.88 Å². The maximum Gasteiger partial charge on any atom is 0.272 e. The standard InChI is InChI=1S/C28H29N7O4/c1-29-24(36)17-39-25-12-11-23(26(33-25)28(38)30-15-18-5-4-6-18)32-27(37)22-10-9-19(16-35-14-13-31-34-35)20-7-2-3-8-21(20)22/h2-3,7-14,18H,4-6,15-17H2,1H3,(H,29,36)(H,30,38)(H,32,37). The molecule has 5 rings (SSSR count). The van der Waals surface area contributed by atoms with Gasteiger partial charge in [-0.05, 0) is 47.2 Å². The highest BCUT2D eigenvalue weighted by Crippen LogP contribution is 2.27. The van der Waals surface area contributed by atoms with Crippen molar-refractivity contribution in [2.75, 3.05) is 25.5 Å². The lowest BCUT2D eigenvalue weighted by molar-refractivity contribution is -0.122. The van der Waals surface area contributed by atoms with Gasteiger partial charge in [-0.25, -0.2) is 9.67 Å². The van der Waals surface area contributed by atoms with Gasteiger partial charge in [0.05, 0.1) is 18.4 Å². The van der Waals surface area contributed by atoms with Crippen molar-refractivity contribution in [2.24, 2.45) is 5.92 Å². The second kappa shape index (κ2) is 11.7. The maximum atomic E-state index is 13.5. The Kier molecular flexibility index (Phi) is 7.76. The van der Waals surface area contributed by atoms with Gasteiger partial charge in [-0.15, -0.1) is 5.10 Å². The van der Waals surface area contributed by atoms with Crippen LogP contribution in [0.15, 0.2) is 60.9 Å². The van der Waals surface area contributed by atoms with Crippen LogP contribution in [0.1, 0.15) is 45.7 Å². The van der Waals surface area contributed by atoms with E-state index in [1.165, 1.54) is 13.1 Å². The molecule has 1 fully saturated rings. The third-order valence-electron chi connectivity index (χ3n) is 6.80. The number of likely N-dealkylation sites (N-methyl/N-ethyl adjacent to an activating group) is 1. The molecule has 11 nitrogen and oxygen atoms in total. The molecule has 0 aliphatic heterocycles. The highest BCUT2D eigenvalue weighted by molar-refractivity contribution is 6.15. The summed E-state index contributed by atoms with van der Waals surface area (Å²) < 4.78 is 7.16. The first-order valence-electron chi connectivity index (χ1n) is 12.8. The van der Waals surface area contributed by atoms with Crippen molar-refractivity contribution in [2.45, 2.75) is 25.8 Å². The fourth-order valence-corrected chi connectivity index (χ4v) is 4.40. The van der Waals surface area contributed by atoms with E-state index in [1.807, 2.05) is 30.3 Å². The number of hydrogen-bond donors (Lipinski definition) is 3. The number of nitrogens with one attached hydrogen (secondary N) is 3. The molecule has 0 atom stereocenters. The third kappa shape index (κ3) is 6.03. The van der Waals surface area contributed by atoms with Crippen molar-refractivity contribution >= 4 is 34.2 Å². The summed E-state index contributed by atoms with van der Waals surface area (Å²) in [5, 5.41) is 17.8. The fourth-order valence-electron chi connectivity index (χ4n) is 4.40. The van der Waals surface area contributed by atoms with E-state index in [2.05, 4.69) is 31.2 Å². The van der Waals surface area contributed by atoms with Crippen LogP contribution in [-0.2, 0) is 11.3 Å². The molecule has 2 aromatic heterocycles. The molecule has 1 aliphatic rings. The van der Waals surface area contributed by atoms with Crippen LogP contribution in [0.5, 0.6) is 5.88 Å². The molecule has 0 saturated heterocycles. The van der Waals surface area contributed by atoms with Crippen molar-refractivity contribution in [1.82, 2.24) is 30.6 Å². The van der Waals surface area contributed by atoms with Gasteiger partial charge < -0.3 is 20.7 Å². The van der Waals surface area contributed by atoms with Crippen molar-refractivity contribution in [1.29, 1.82) is 0 Å². The molecule has 3 amide bonds. The Hall–Kier alpha value is -4.80. The van der Waals surface area contributed by atoms with E-state index in [1.54, 1.807) is 29.2 Å². The van der Waals surface area contributed by atoms with Crippen molar-refractivity contribution in [3.63, 3.8) is 0 Å². The number of carbonyl (C=O) groups is 3. The summed E-state index contributed by atoms with van der Waals surface area (Å²) >= 11 is 0. The summed E-state index contributed by atoms with van der Waals surface area (Å²) in [5.41, 5.74) is 1.70. The zero-order chi connectivity index (χ0) is 27.2. The Morgan fingerprint density at radius 1 is 1.03 bits per heavy atom. The molecule has 0 unspecified atom stereocenters. The molecule has 0 spiro atoms. The Balaban J connectivity index is 1.41. The summed E-state index contributed by atoms with van der Waals surface area (Å²) in [6.45, 7) is 0.801. The molecule has 4 aromatic rings. The first-order chi connectivity index (χ1) is 19.0. The number of hydrogen-bond acceptors (Lipinski definition) is 7. The van der Waals surface area contributed by atoms with Crippen molar-refractivity contribution < 1.29 is 19.1 Å². The number of rotatable bonds is 10. The molecule has 1 saturated carbocycles. The minimum atomic E-state index is -0.421. The second-order valence-electron chi connectivity index (χ2n) is 9.39. The quantitative estimate of drug-likeness (QED) is 0.288. The highest BCUT2D eigenvalue weighted by Gasteiger charge is 2.22. The summed E-state index contributed by atoms with van der Waals surface area (Å²) in [6.07, 6.45) is 6.71. The van der Waals surface area contributed by atoms with Crippen molar-refractivity contribution in [3.05, 3.63) is 77.7 Å². The Labute approximate surface area is 224 Å². The lowest BCUT2D eigenvalue weighted by Crippen LogP contribution is -2.33. The SMILES string of the molecule is CNC(=O)COc1ccc(NC(=O)c2ccc(Cn3ccnn3)c3ccccc23)c(C(=O)NCC2CCC2)n1. The number of aromatic nitrogens is 4. The van der Waals surface area contributed by atoms with E-state index in [-0.39, 0.29) is 35.7 Å². The number of pyridine rings is 1. The molecule has 39 heavy (non-hydrogen) atoms. The first kappa shape index (κ1) is 25.8. The zero-order valence-corrected chi connectivity index (χ0v) is 21.5. The van der Waals surface area contributed by atoms with Crippen LogP contribution in [-0.4, -0.2) is 57.9 Å². The average molecular weight is 528 g/mol. The van der Waals surface area contributed by atoms with Crippen LogP contribution < -0.4 is 20.7 Å². The predicted molar refractivity (Wildman–Crippen MR) is 144 cm³/mol. The molecule has 2 aromatic carbocycles. The minimum Gasteiger partial charge on any atom is -0.468 e. The molecule has 2 heterocycles. The predicted octanol–water partition coefficient (Wildman–Crippen LogP) is 2.78. The maximum absolute atomic E-state index is 13.5. The van der Waals surface area contributed by atoms with E-state index in [9.17, 15) is 14.4 Å². The van der Waals surface area contributed by atoms with Crippen LogP contribution in [0, 0.1) is 5.92 Å². The van der Waals surface area contributed by atoms with E-state index in [0.29, 0.717) is 24.6 Å². The van der Waals surface area contributed by atoms with Gasteiger partial charge in [0.1, 0.15) is 0 Å². The van der Waals surface area contributed by atoms with Gasteiger partial charge in [0.25, 0.3) is 17.7 Å². The molecule has 1 aliphatic carbocycles. The van der Waals surface area contributed by atoms with E-state index < -0.39 is 5.91 Å². The summed E-state index contributed by atoms with van der Waals surface area (Å²) in [5.74, 6) is -0.581. The smallest absolute Gasteiger partial charge is 0.272 e. The number of fused-ring (bicyclic) bond motifs is 1. The van der Waals surface area contributed by atoms with E-state index in [0.717, 1.165) is 35.6 Å². The molecular weight excluding hydrogens is 498 g/mol. The summed E-state index contributed by atoms with van der Waals surface area (Å²) in [7, 11) is 1.50. The highest BCUT2D eigenvalue weighted by atomic mass is 16.5. The largest absolute Gasteiger partial charge is 0.468 e. The lowest BCUT2D eigenvalue weighted by Gasteiger charge is -2.25. The number of benzene rings is 2. The second-order valence-corrected chi connectivity index (χ2v) is 9.39. The van der Waals surface area contributed by atoms with Crippen molar-refractivity contribution in [3.8, 4) is 5.88 Å². The van der Waals surface area contributed by atoms with Gasteiger partial charge >= 0.3 is 0 Å². The Morgan fingerprint density at radius 2 is 1.85 bits per heavy atom. The topological polar surface area (TPSA) is 140 Å². The Morgan fingerprint density at radius 3 is 2.56 bits per heavy atom. The van der Waals surface area contributed by atoms with Crippen LogP contribution >= 0.6 is 0 Å². The molecule has 11 heteroatoms. The molecule has 0 bridgehead atoms. The fraction of sp³-hybridized carbons (Fsp3) is 0.286. The molecule has 3 N–H and O–H groups in total. The van der Waals surface area contributed by atoms with Crippen LogP contribution in [0.3, 0.4) is 0 Å². The van der Waals surface area contributed by atoms with E-state index >= 15 is 0 Å². The molecule has 200 valence electrons. The number of amides is 3. The van der Waals surface area contributed by atoms with Gasteiger partial charge in [0.15, 0.2) is 12.3 Å².